The number of Topliss-reactive ketones (excluding diaryl/α,β-unsaturated/α-hetero) is 1. The number of benzene rings is 1. The van der Waals surface area contributed by atoms with Crippen molar-refractivity contribution in [3.8, 4) is 5.75 Å². The van der Waals surface area contributed by atoms with E-state index in [4.69, 9.17) is 4.74 Å². The Morgan fingerprint density at radius 3 is 2.57 bits per heavy atom. The first kappa shape index (κ1) is 21.9. The minimum absolute atomic E-state index is 0.0654. The van der Waals surface area contributed by atoms with Crippen LogP contribution in [-0.2, 0) is 4.79 Å². The van der Waals surface area contributed by atoms with Crippen LogP contribution in [0.4, 0.5) is 5.69 Å². The summed E-state index contributed by atoms with van der Waals surface area (Å²) in [6.07, 6.45) is 7.62. The number of nitrogens with zero attached hydrogens (tertiary/aromatic N) is 2. The normalized spacial score (nSPS) is 14.1. The van der Waals surface area contributed by atoms with Gasteiger partial charge in [0.1, 0.15) is 5.75 Å². The molecular formula is C21H30N2O5. The predicted molar refractivity (Wildman–Crippen MR) is 107 cm³/mol. The monoisotopic (exact) mass is 390 g/mol. The first-order valence-corrected chi connectivity index (χ1v) is 10.2. The lowest BCUT2D eigenvalue weighted by molar-refractivity contribution is -0.385. The van der Waals surface area contributed by atoms with Gasteiger partial charge in [0.15, 0.2) is 5.78 Å². The highest BCUT2D eigenvalue weighted by molar-refractivity contribution is 5.98. The average Bonchev–Trinajstić information content (AvgIpc) is 3.19. The van der Waals surface area contributed by atoms with Gasteiger partial charge in [0.25, 0.3) is 5.69 Å². The number of carbonyl (C=O) groups is 2. The second-order valence-corrected chi connectivity index (χ2v) is 7.32. The fraction of sp³-hybridized carbons (Fsp3) is 0.619. The summed E-state index contributed by atoms with van der Waals surface area (Å²) in [5.41, 5.74) is -0.191. The number of hydrogen-bond donors (Lipinski definition) is 0. The van der Waals surface area contributed by atoms with E-state index in [-0.39, 0.29) is 22.9 Å². The number of ether oxygens (including phenoxy) is 1. The summed E-state index contributed by atoms with van der Waals surface area (Å²) in [6, 6.07) is 4.61. The number of amides is 1. The molecule has 1 aromatic rings. The van der Waals surface area contributed by atoms with Gasteiger partial charge < -0.3 is 9.64 Å². The zero-order chi connectivity index (χ0) is 20.5. The number of unbranched alkanes of at least 4 members (excludes halogenated alkanes) is 1. The van der Waals surface area contributed by atoms with Crippen LogP contribution in [0, 0.1) is 10.1 Å². The van der Waals surface area contributed by atoms with Crippen LogP contribution in [0.2, 0.25) is 0 Å². The lowest BCUT2D eigenvalue weighted by Gasteiger charge is -2.29. The van der Waals surface area contributed by atoms with Crippen molar-refractivity contribution in [2.24, 2.45) is 0 Å². The van der Waals surface area contributed by atoms with Crippen molar-refractivity contribution in [3.63, 3.8) is 0 Å². The van der Waals surface area contributed by atoms with Crippen molar-refractivity contribution < 1.29 is 19.2 Å². The molecule has 2 rings (SSSR count). The van der Waals surface area contributed by atoms with Gasteiger partial charge in [0.05, 0.1) is 23.2 Å². The van der Waals surface area contributed by atoms with Gasteiger partial charge in [0.2, 0.25) is 5.91 Å². The van der Waals surface area contributed by atoms with Gasteiger partial charge >= 0.3 is 0 Å². The molecule has 7 heteroatoms. The Balaban J connectivity index is 1.87. The fourth-order valence-electron chi connectivity index (χ4n) is 3.66. The first-order valence-electron chi connectivity index (χ1n) is 10.2. The summed E-state index contributed by atoms with van der Waals surface area (Å²) in [6.45, 7) is 4.54. The Morgan fingerprint density at radius 2 is 1.96 bits per heavy atom. The van der Waals surface area contributed by atoms with Crippen LogP contribution >= 0.6 is 0 Å². The maximum absolute atomic E-state index is 12.7. The van der Waals surface area contributed by atoms with E-state index < -0.39 is 4.92 Å². The molecule has 0 aromatic heterocycles. The van der Waals surface area contributed by atoms with E-state index in [9.17, 15) is 19.7 Å². The number of nitro groups is 1. The molecule has 1 aromatic carbocycles. The van der Waals surface area contributed by atoms with Crippen LogP contribution < -0.4 is 4.74 Å². The second-order valence-electron chi connectivity index (χ2n) is 7.32. The number of nitro benzene ring substituents is 1. The van der Waals surface area contributed by atoms with Crippen LogP contribution in [-0.4, -0.2) is 40.7 Å². The number of ketones is 1. The first-order chi connectivity index (χ1) is 13.4. The predicted octanol–water partition coefficient (Wildman–Crippen LogP) is 4.53. The molecule has 1 aliphatic rings. The van der Waals surface area contributed by atoms with Gasteiger partial charge in [-0.15, -0.1) is 0 Å². The molecule has 0 radical (unpaired) electrons. The third-order valence-corrected chi connectivity index (χ3v) is 5.19. The Labute approximate surface area is 166 Å². The molecule has 0 aliphatic heterocycles. The van der Waals surface area contributed by atoms with Gasteiger partial charge in [0, 0.05) is 19.0 Å². The molecule has 1 fully saturated rings. The molecule has 1 saturated carbocycles. The maximum atomic E-state index is 12.7. The minimum Gasteiger partial charge on any atom is -0.493 e. The highest BCUT2D eigenvalue weighted by Gasteiger charge is 2.25. The number of hydrogen-bond acceptors (Lipinski definition) is 5. The number of rotatable bonds is 11. The highest BCUT2D eigenvalue weighted by atomic mass is 16.6. The standard InChI is InChI=1S/C21H30N2O5/c1-3-4-13-22(17-8-5-6-9-17)21(25)10-7-14-28-18-11-12-19(16(2)24)20(15-18)23(26)27/h11-12,15,17H,3-10,13-14H2,1-2H3. The van der Waals surface area contributed by atoms with Crippen LogP contribution in [0.3, 0.4) is 0 Å². The zero-order valence-corrected chi connectivity index (χ0v) is 16.8. The Morgan fingerprint density at radius 1 is 1.25 bits per heavy atom. The van der Waals surface area contributed by atoms with Gasteiger partial charge in [-0.2, -0.15) is 0 Å². The quantitative estimate of drug-likeness (QED) is 0.240. The van der Waals surface area contributed by atoms with Crippen LogP contribution in [0.25, 0.3) is 0 Å². The topological polar surface area (TPSA) is 89.8 Å². The third kappa shape index (κ3) is 6.04. The molecule has 0 bridgehead atoms. The molecule has 28 heavy (non-hydrogen) atoms. The fourth-order valence-corrected chi connectivity index (χ4v) is 3.66. The van der Waals surface area contributed by atoms with E-state index in [0.29, 0.717) is 31.2 Å². The largest absolute Gasteiger partial charge is 0.493 e. The van der Waals surface area contributed by atoms with Crippen LogP contribution in [0.5, 0.6) is 5.75 Å². The van der Waals surface area contributed by atoms with Gasteiger partial charge in [-0.05, 0) is 44.7 Å². The Bertz CT molecular complexity index is 698. The van der Waals surface area contributed by atoms with Crippen molar-refractivity contribution in [2.75, 3.05) is 13.2 Å². The molecule has 0 unspecified atom stereocenters. The summed E-state index contributed by atoms with van der Waals surface area (Å²) in [7, 11) is 0. The minimum atomic E-state index is -0.583. The molecule has 1 amide bonds. The lowest BCUT2D eigenvalue weighted by atomic mass is 10.1. The summed E-state index contributed by atoms with van der Waals surface area (Å²) in [4.78, 5) is 36.7. The van der Waals surface area contributed by atoms with Crippen molar-refractivity contribution in [3.05, 3.63) is 33.9 Å². The number of carbonyl (C=O) groups excluding carboxylic acids is 2. The molecule has 154 valence electrons. The summed E-state index contributed by atoms with van der Waals surface area (Å²) >= 11 is 0. The summed E-state index contributed by atoms with van der Waals surface area (Å²) in [5.74, 6) is 0.146. The van der Waals surface area contributed by atoms with Crippen molar-refractivity contribution in [1.29, 1.82) is 0 Å². The Hall–Kier alpha value is -2.44. The molecular weight excluding hydrogens is 360 g/mol. The van der Waals surface area contributed by atoms with E-state index in [0.717, 1.165) is 32.2 Å². The highest BCUT2D eigenvalue weighted by Crippen LogP contribution is 2.26. The van der Waals surface area contributed by atoms with Gasteiger partial charge in [-0.1, -0.05) is 26.2 Å². The molecule has 7 nitrogen and oxygen atoms in total. The average molecular weight is 390 g/mol. The lowest BCUT2D eigenvalue weighted by Crippen LogP contribution is -2.39. The molecule has 0 saturated heterocycles. The van der Waals surface area contributed by atoms with E-state index in [1.165, 1.54) is 31.9 Å². The molecule has 1 aliphatic carbocycles. The van der Waals surface area contributed by atoms with Gasteiger partial charge in [-0.25, -0.2) is 0 Å². The van der Waals surface area contributed by atoms with E-state index in [2.05, 4.69) is 6.92 Å². The smallest absolute Gasteiger partial charge is 0.283 e. The van der Waals surface area contributed by atoms with E-state index in [1.54, 1.807) is 6.07 Å². The van der Waals surface area contributed by atoms with E-state index in [1.807, 2.05) is 4.90 Å². The SMILES string of the molecule is CCCCN(C(=O)CCCOc1ccc(C(C)=O)c([N+](=O)[O-])c1)C1CCCC1. The molecule has 0 spiro atoms. The van der Waals surface area contributed by atoms with Crippen LogP contribution in [0.1, 0.15) is 75.6 Å². The second kappa shape index (κ2) is 10.8. The van der Waals surface area contributed by atoms with Crippen molar-refractivity contribution >= 4 is 17.4 Å². The van der Waals surface area contributed by atoms with Crippen LogP contribution in [0.15, 0.2) is 18.2 Å². The van der Waals surface area contributed by atoms with Crippen molar-refractivity contribution in [2.45, 2.75) is 71.3 Å². The third-order valence-electron chi connectivity index (χ3n) is 5.19. The molecule has 0 N–H and O–H groups in total. The Kier molecular flexibility index (Phi) is 8.42. The maximum Gasteiger partial charge on any atom is 0.283 e. The van der Waals surface area contributed by atoms with E-state index >= 15 is 0 Å². The summed E-state index contributed by atoms with van der Waals surface area (Å²) < 4.78 is 5.58. The molecule has 0 heterocycles. The zero-order valence-electron chi connectivity index (χ0n) is 16.8. The molecule has 0 atom stereocenters. The van der Waals surface area contributed by atoms with Gasteiger partial charge in [-0.3, -0.25) is 19.7 Å². The summed E-state index contributed by atoms with van der Waals surface area (Å²) in [5, 5.41) is 11.1. The van der Waals surface area contributed by atoms with Crippen molar-refractivity contribution in [1.82, 2.24) is 4.90 Å².